The molecule has 0 spiro atoms. The minimum absolute atomic E-state index is 0.0437. The van der Waals surface area contributed by atoms with Crippen molar-refractivity contribution < 1.29 is 9.90 Å². The second-order valence-corrected chi connectivity index (χ2v) is 6.28. The van der Waals surface area contributed by atoms with Crippen LogP contribution >= 0.6 is 0 Å². The van der Waals surface area contributed by atoms with Crippen LogP contribution in [0.2, 0.25) is 0 Å². The van der Waals surface area contributed by atoms with Crippen molar-refractivity contribution in [2.45, 2.75) is 38.5 Å². The molecule has 1 aromatic carbocycles. The van der Waals surface area contributed by atoms with Crippen LogP contribution in [0.4, 0.5) is 4.79 Å². The minimum Gasteiger partial charge on any atom is -0.393 e. The lowest BCUT2D eigenvalue weighted by Gasteiger charge is -2.31. The smallest absolute Gasteiger partial charge is 0.317 e. The molecule has 120 valence electrons. The van der Waals surface area contributed by atoms with E-state index in [1.165, 1.54) is 11.1 Å². The number of piperidine rings is 1. The van der Waals surface area contributed by atoms with Gasteiger partial charge in [-0.1, -0.05) is 24.3 Å². The molecule has 1 aromatic rings. The first kappa shape index (κ1) is 15.3. The molecule has 5 heteroatoms. The van der Waals surface area contributed by atoms with E-state index in [1.807, 2.05) is 11.0 Å². The van der Waals surface area contributed by atoms with Gasteiger partial charge < -0.3 is 15.3 Å². The molecule has 0 unspecified atom stereocenters. The van der Waals surface area contributed by atoms with Crippen molar-refractivity contribution in [3.05, 3.63) is 35.4 Å². The third-order valence-corrected chi connectivity index (χ3v) is 4.64. The van der Waals surface area contributed by atoms with Crippen LogP contribution in [0.3, 0.4) is 0 Å². The molecular weight excluding hydrogens is 278 g/mol. The molecule has 2 N–H and O–H groups in total. The maximum atomic E-state index is 11.9. The number of rotatable bonds is 4. The Morgan fingerprint density at radius 2 is 1.82 bits per heavy atom. The summed E-state index contributed by atoms with van der Waals surface area (Å²) in [5, 5.41) is 12.6. The van der Waals surface area contributed by atoms with Gasteiger partial charge in [0.2, 0.25) is 0 Å². The molecule has 2 saturated heterocycles. The predicted molar refractivity (Wildman–Crippen MR) is 85.4 cm³/mol. The number of carbonyl (C=O) groups excluding carboxylic acids is 1. The Hall–Kier alpha value is -1.59. The average molecular weight is 303 g/mol. The van der Waals surface area contributed by atoms with E-state index in [0.717, 1.165) is 52.0 Å². The zero-order valence-corrected chi connectivity index (χ0v) is 13.0. The fraction of sp³-hybridized carbons (Fsp3) is 0.588. The monoisotopic (exact) mass is 303 g/mol. The highest BCUT2D eigenvalue weighted by Crippen LogP contribution is 2.17. The number of aliphatic hydroxyl groups excluding tert-OH is 1. The third kappa shape index (κ3) is 3.78. The molecule has 0 saturated carbocycles. The van der Waals surface area contributed by atoms with E-state index < -0.39 is 0 Å². The number of likely N-dealkylation sites (tertiary alicyclic amines) is 2. The normalized spacial score (nSPS) is 19.8. The number of urea groups is 1. The molecule has 2 heterocycles. The molecule has 2 aliphatic heterocycles. The van der Waals surface area contributed by atoms with Crippen LogP contribution in [-0.2, 0) is 13.1 Å². The van der Waals surface area contributed by atoms with Crippen LogP contribution < -0.4 is 5.32 Å². The van der Waals surface area contributed by atoms with Gasteiger partial charge in [0.1, 0.15) is 0 Å². The Kier molecular flexibility index (Phi) is 4.95. The average Bonchev–Trinajstić information content (AvgIpc) is 2.47. The molecule has 2 amide bonds. The molecule has 0 atom stereocenters. The number of carbonyl (C=O) groups is 1. The summed E-state index contributed by atoms with van der Waals surface area (Å²) < 4.78 is 0. The fourth-order valence-electron chi connectivity index (χ4n) is 3.00. The largest absolute Gasteiger partial charge is 0.393 e. The lowest BCUT2D eigenvalue weighted by molar-refractivity contribution is 0.0791. The van der Waals surface area contributed by atoms with Crippen LogP contribution in [0.15, 0.2) is 24.3 Å². The molecule has 0 radical (unpaired) electrons. The molecule has 0 aliphatic carbocycles. The second-order valence-electron chi connectivity index (χ2n) is 6.28. The summed E-state index contributed by atoms with van der Waals surface area (Å²) >= 11 is 0. The highest BCUT2D eigenvalue weighted by atomic mass is 16.3. The maximum absolute atomic E-state index is 11.9. The van der Waals surface area contributed by atoms with Crippen molar-refractivity contribution in [1.29, 1.82) is 0 Å². The van der Waals surface area contributed by atoms with Crippen LogP contribution in [0.25, 0.3) is 0 Å². The second kappa shape index (κ2) is 7.11. The topological polar surface area (TPSA) is 55.8 Å². The quantitative estimate of drug-likeness (QED) is 0.887. The van der Waals surface area contributed by atoms with E-state index in [4.69, 9.17) is 0 Å². The van der Waals surface area contributed by atoms with Crippen LogP contribution in [0, 0.1) is 0 Å². The first-order chi connectivity index (χ1) is 10.7. The Morgan fingerprint density at radius 1 is 1.14 bits per heavy atom. The first-order valence-electron chi connectivity index (χ1n) is 8.22. The maximum Gasteiger partial charge on any atom is 0.317 e. The standard InChI is InChI=1S/C17H25N3O2/c21-16-6-10-19(11-7-16)13-15-5-2-1-4-14(15)12-18-17(22)20-8-3-9-20/h1-2,4-5,16,21H,3,6-13H2,(H,18,22). The molecule has 3 rings (SSSR count). The lowest BCUT2D eigenvalue weighted by atomic mass is 10.0. The van der Waals surface area contributed by atoms with Crippen molar-refractivity contribution in [2.24, 2.45) is 0 Å². The summed E-state index contributed by atoms with van der Waals surface area (Å²) in [6, 6.07) is 8.34. The zero-order chi connectivity index (χ0) is 15.4. The zero-order valence-electron chi connectivity index (χ0n) is 13.0. The van der Waals surface area contributed by atoms with Gasteiger partial charge in [0.15, 0.2) is 0 Å². The van der Waals surface area contributed by atoms with Gasteiger partial charge in [-0.05, 0) is 30.4 Å². The van der Waals surface area contributed by atoms with Gasteiger partial charge >= 0.3 is 6.03 Å². The highest BCUT2D eigenvalue weighted by Gasteiger charge is 2.20. The van der Waals surface area contributed by atoms with Crippen LogP contribution in [0.5, 0.6) is 0 Å². The Bertz CT molecular complexity index is 508. The molecule has 5 nitrogen and oxygen atoms in total. The number of benzene rings is 1. The SMILES string of the molecule is O=C(NCc1ccccc1CN1CCC(O)CC1)N1CCC1. The van der Waals surface area contributed by atoms with Gasteiger partial charge in [-0.15, -0.1) is 0 Å². The van der Waals surface area contributed by atoms with Crippen molar-refractivity contribution in [1.82, 2.24) is 15.1 Å². The molecule has 2 aliphatic rings. The van der Waals surface area contributed by atoms with Crippen LogP contribution in [0.1, 0.15) is 30.4 Å². The number of hydrogen-bond donors (Lipinski definition) is 2. The van der Waals surface area contributed by atoms with E-state index in [-0.39, 0.29) is 12.1 Å². The van der Waals surface area contributed by atoms with E-state index in [0.29, 0.717) is 6.54 Å². The van der Waals surface area contributed by atoms with E-state index in [1.54, 1.807) is 0 Å². The van der Waals surface area contributed by atoms with Gasteiger partial charge in [0.25, 0.3) is 0 Å². The van der Waals surface area contributed by atoms with Crippen molar-refractivity contribution in [3.8, 4) is 0 Å². The van der Waals surface area contributed by atoms with Gasteiger partial charge in [-0.2, -0.15) is 0 Å². The fourth-order valence-corrected chi connectivity index (χ4v) is 3.00. The van der Waals surface area contributed by atoms with Gasteiger partial charge in [-0.25, -0.2) is 4.79 Å². The van der Waals surface area contributed by atoms with Gasteiger partial charge in [0, 0.05) is 39.3 Å². The lowest BCUT2D eigenvalue weighted by Crippen LogP contribution is -2.47. The molecule has 22 heavy (non-hydrogen) atoms. The third-order valence-electron chi connectivity index (χ3n) is 4.64. The Morgan fingerprint density at radius 3 is 2.45 bits per heavy atom. The highest BCUT2D eigenvalue weighted by molar-refractivity contribution is 5.74. The van der Waals surface area contributed by atoms with Crippen LogP contribution in [-0.4, -0.2) is 53.2 Å². The number of aliphatic hydroxyl groups is 1. The summed E-state index contributed by atoms with van der Waals surface area (Å²) in [5.74, 6) is 0. The van der Waals surface area contributed by atoms with Crippen molar-refractivity contribution >= 4 is 6.03 Å². The molecule has 2 fully saturated rings. The number of nitrogens with one attached hydrogen (secondary N) is 1. The summed E-state index contributed by atoms with van der Waals surface area (Å²) in [6.45, 7) is 5.11. The van der Waals surface area contributed by atoms with Crippen molar-refractivity contribution in [3.63, 3.8) is 0 Å². The number of nitrogens with zero attached hydrogens (tertiary/aromatic N) is 2. The summed E-state index contributed by atoms with van der Waals surface area (Å²) in [5.41, 5.74) is 2.45. The Labute approximate surface area is 131 Å². The summed E-state index contributed by atoms with van der Waals surface area (Å²) in [6.07, 6.45) is 2.69. The summed E-state index contributed by atoms with van der Waals surface area (Å²) in [4.78, 5) is 16.1. The molecular formula is C17H25N3O2. The Balaban J connectivity index is 1.56. The van der Waals surface area contributed by atoms with E-state index in [2.05, 4.69) is 28.4 Å². The van der Waals surface area contributed by atoms with Gasteiger partial charge in [-0.3, -0.25) is 4.90 Å². The van der Waals surface area contributed by atoms with E-state index >= 15 is 0 Å². The number of amides is 2. The summed E-state index contributed by atoms with van der Waals surface area (Å²) in [7, 11) is 0. The molecule has 0 aromatic heterocycles. The van der Waals surface area contributed by atoms with Crippen molar-refractivity contribution in [2.75, 3.05) is 26.2 Å². The van der Waals surface area contributed by atoms with Gasteiger partial charge in [0.05, 0.1) is 6.10 Å². The molecule has 0 bridgehead atoms. The first-order valence-corrected chi connectivity index (χ1v) is 8.22. The minimum atomic E-state index is -0.137. The predicted octanol–water partition coefficient (Wildman–Crippen LogP) is 1.56. The number of hydrogen-bond acceptors (Lipinski definition) is 3. The van der Waals surface area contributed by atoms with E-state index in [9.17, 15) is 9.90 Å².